The number of likely N-dealkylation sites (tertiary alicyclic amines) is 1. The lowest BCUT2D eigenvalue weighted by molar-refractivity contribution is -0.146. The number of carboxylic acids is 1. The van der Waals surface area contributed by atoms with Gasteiger partial charge in [0.1, 0.15) is 57.8 Å². The number of hydrogen-bond acceptors (Lipinski definition) is 11. The summed E-state index contributed by atoms with van der Waals surface area (Å²) in [4.78, 5) is 77.1. The molecule has 6 rings (SSSR count). The van der Waals surface area contributed by atoms with E-state index >= 15 is 0 Å². The van der Waals surface area contributed by atoms with Gasteiger partial charge in [0.2, 0.25) is 17.7 Å². The van der Waals surface area contributed by atoms with Gasteiger partial charge in [-0.05, 0) is 65.6 Å². The van der Waals surface area contributed by atoms with Crippen molar-refractivity contribution in [3.05, 3.63) is 40.7 Å². The fraction of sp³-hybridized carbons (Fsp3) is 0.513. The van der Waals surface area contributed by atoms with Gasteiger partial charge < -0.3 is 40.2 Å². The molecule has 4 amide bonds. The number of nitrogens with one attached hydrogen (secondary N) is 3. The summed E-state index contributed by atoms with van der Waals surface area (Å²) in [6.45, 7) is 10.8. The number of rotatable bonds is 13. The Hall–Kier alpha value is -4.77. The SMILES string of the molecule is C=C[C@@H]1C[C@]1(NC(=O)[C@@H]1C[C@@H](Oc2cc(-c3nc(NC(=O)CC)cs3)nc3c(Br)c(OC)ccc23)CN1C(=O)[C@@H](NC(=O)OC1CCCC1)C(C)(C)C)C(=O)O. The van der Waals surface area contributed by atoms with E-state index in [4.69, 9.17) is 19.2 Å². The van der Waals surface area contributed by atoms with Gasteiger partial charge in [-0.2, -0.15) is 0 Å². The molecule has 1 aromatic carbocycles. The molecule has 0 spiro atoms. The number of methoxy groups -OCH3 is 1. The summed E-state index contributed by atoms with van der Waals surface area (Å²) in [5, 5.41) is 21.1. The molecule has 17 heteroatoms. The molecule has 2 saturated carbocycles. The van der Waals surface area contributed by atoms with Gasteiger partial charge >= 0.3 is 12.1 Å². The van der Waals surface area contributed by atoms with Crippen LogP contribution in [0.25, 0.3) is 21.6 Å². The lowest BCUT2D eigenvalue weighted by atomic mass is 9.85. The van der Waals surface area contributed by atoms with Crippen LogP contribution in [0.4, 0.5) is 10.6 Å². The molecular weight excluding hydrogens is 808 g/mol. The van der Waals surface area contributed by atoms with Crippen LogP contribution in [0.15, 0.2) is 40.7 Å². The third-order valence-corrected chi connectivity index (χ3v) is 12.1. The Bertz CT molecular complexity index is 2050. The van der Waals surface area contributed by atoms with E-state index in [0.29, 0.717) is 43.4 Å². The molecule has 5 atom stereocenters. The van der Waals surface area contributed by atoms with Crippen molar-refractivity contribution in [1.29, 1.82) is 0 Å². The fourth-order valence-electron chi connectivity index (χ4n) is 7.25. The number of benzene rings is 1. The number of carbonyl (C=O) groups is 5. The second kappa shape index (κ2) is 16.4. The minimum Gasteiger partial charge on any atom is -0.495 e. The molecule has 1 aliphatic heterocycles. The van der Waals surface area contributed by atoms with Gasteiger partial charge in [0.25, 0.3) is 0 Å². The van der Waals surface area contributed by atoms with E-state index in [1.54, 1.807) is 51.3 Å². The zero-order chi connectivity index (χ0) is 40.5. The molecule has 300 valence electrons. The van der Waals surface area contributed by atoms with Crippen LogP contribution in [0.3, 0.4) is 0 Å². The van der Waals surface area contributed by atoms with Crippen LogP contribution in [0.2, 0.25) is 0 Å². The molecule has 3 heterocycles. The summed E-state index contributed by atoms with van der Waals surface area (Å²) in [5.74, 6) is -1.77. The largest absolute Gasteiger partial charge is 0.495 e. The van der Waals surface area contributed by atoms with Crippen LogP contribution in [0, 0.1) is 11.3 Å². The zero-order valence-corrected chi connectivity index (χ0v) is 34.4. The third-order valence-electron chi connectivity index (χ3n) is 10.5. The number of anilines is 1. The summed E-state index contributed by atoms with van der Waals surface area (Å²) < 4.78 is 18.4. The lowest BCUT2D eigenvalue weighted by Gasteiger charge is -2.35. The molecule has 3 aromatic rings. The van der Waals surface area contributed by atoms with Gasteiger partial charge in [-0.25, -0.2) is 19.6 Å². The van der Waals surface area contributed by atoms with Gasteiger partial charge in [-0.1, -0.05) is 33.8 Å². The number of halogens is 1. The maximum Gasteiger partial charge on any atom is 0.408 e. The van der Waals surface area contributed by atoms with Gasteiger partial charge in [0.15, 0.2) is 0 Å². The lowest BCUT2D eigenvalue weighted by Crippen LogP contribution is -2.59. The Morgan fingerprint density at radius 2 is 1.88 bits per heavy atom. The van der Waals surface area contributed by atoms with E-state index in [9.17, 15) is 29.1 Å². The molecule has 56 heavy (non-hydrogen) atoms. The van der Waals surface area contributed by atoms with E-state index in [-0.39, 0.29) is 37.8 Å². The number of amides is 4. The first-order valence-corrected chi connectivity index (χ1v) is 20.3. The Kier molecular flexibility index (Phi) is 12.0. The van der Waals surface area contributed by atoms with Crippen LogP contribution in [0.5, 0.6) is 11.5 Å². The molecule has 3 aliphatic rings. The normalized spacial score (nSPS) is 22.6. The highest BCUT2D eigenvalue weighted by atomic mass is 79.9. The summed E-state index contributed by atoms with van der Waals surface area (Å²) >= 11 is 4.89. The van der Waals surface area contributed by atoms with Crippen molar-refractivity contribution in [2.24, 2.45) is 11.3 Å². The number of nitrogens with zero attached hydrogens (tertiary/aromatic N) is 3. The number of aliphatic carboxylic acids is 1. The molecule has 2 aromatic heterocycles. The first-order chi connectivity index (χ1) is 26.6. The maximum atomic E-state index is 14.6. The van der Waals surface area contributed by atoms with Crippen molar-refractivity contribution < 1.29 is 43.3 Å². The van der Waals surface area contributed by atoms with Gasteiger partial charge in [-0.3, -0.25) is 14.4 Å². The highest BCUT2D eigenvalue weighted by Gasteiger charge is 2.61. The molecule has 15 nitrogen and oxygen atoms in total. The molecule has 0 bridgehead atoms. The second-order valence-electron chi connectivity index (χ2n) is 15.5. The summed E-state index contributed by atoms with van der Waals surface area (Å²) in [5.41, 5.74) is -1.40. The number of carboxylic acid groups (broad SMARTS) is 1. The van der Waals surface area contributed by atoms with Crippen LogP contribution < -0.4 is 25.4 Å². The van der Waals surface area contributed by atoms with Crippen LogP contribution >= 0.6 is 27.3 Å². The third kappa shape index (κ3) is 8.48. The van der Waals surface area contributed by atoms with Gasteiger partial charge in [-0.15, -0.1) is 17.9 Å². The average Bonchev–Trinajstić information content (AvgIpc) is 3.57. The first-order valence-electron chi connectivity index (χ1n) is 18.6. The maximum absolute atomic E-state index is 14.6. The minimum atomic E-state index is -1.54. The highest BCUT2D eigenvalue weighted by Crippen LogP contribution is 2.45. The Balaban J connectivity index is 1.34. The van der Waals surface area contributed by atoms with Crippen molar-refractivity contribution in [1.82, 2.24) is 25.5 Å². The van der Waals surface area contributed by atoms with Crippen molar-refractivity contribution in [2.75, 3.05) is 19.0 Å². The Morgan fingerprint density at radius 3 is 2.50 bits per heavy atom. The van der Waals surface area contributed by atoms with E-state index in [2.05, 4.69) is 43.4 Å². The van der Waals surface area contributed by atoms with Crippen molar-refractivity contribution >= 4 is 73.8 Å². The highest BCUT2D eigenvalue weighted by molar-refractivity contribution is 9.10. The number of carbonyl (C=O) groups excluding carboxylic acids is 4. The Morgan fingerprint density at radius 1 is 1.14 bits per heavy atom. The number of fused-ring (bicyclic) bond motifs is 1. The van der Waals surface area contributed by atoms with Crippen LogP contribution in [-0.2, 0) is 23.9 Å². The summed E-state index contributed by atoms with van der Waals surface area (Å²) in [6.07, 6.45) is 3.66. The van der Waals surface area contributed by atoms with Crippen molar-refractivity contribution in [3.8, 4) is 22.2 Å². The van der Waals surface area contributed by atoms with Crippen molar-refractivity contribution in [2.45, 2.75) is 102 Å². The zero-order valence-electron chi connectivity index (χ0n) is 32.0. The topological polar surface area (TPSA) is 198 Å². The molecule has 0 radical (unpaired) electrons. The number of aromatic nitrogens is 2. The molecular formula is C39H47BrN6O9S. The predicted octanol–water partition coefficient (Wildman–Crippen LogP) is 6.06. The minimum absolute atomic E-state index is 0.0103. The van der Waals surface area contributed by atoms with E-state index < -0.39 is 58.9 Å². The standard InChI is InChI=1S/C39H47BrN6O9S/c1-7-20-17-39(20,36(50)51)45-33(48)25-15-22(18-46(25)35(49)32(38(3,4)5)44-37(52)55-21-11-9-10-12-21)54-27-16-24(34-43-28(19-56-34)42-29(47)8-2)41-31-23(27)13-14-26(53-6)30(31)40/h7,13-14,16,19-22,25,32H,1,8-12,15,17-18H2,2-6H3,(H,42,47)(H,44,52)(H,45,48)(H,50,51)/t20-,22-,25+,32-,39-/m1/s1. The first kappa shape index (κ1) is 40.9. The smallest absolute Gasteiger partial charge is 0.408 e. The van der Waals surface area contributed by atoms with E-state index in [1.807, 2.05) is 0 Å². The molecule has 2 aliphatic carbocycles. The van der Waals surface area contributed by atoms with Gasteiger partial charge in [0.05, 0.1) is 23.6 Å². The number of hydrogen-bond donors (Lipinski definition) is 4. The molecule has 3 fully saturated rings. The van der Waals surface area contributed by atoms with Gasteiger partial charge in [0, 0.05) is 35.6 Å². The average molecular weight is 856 g/mol. The summed E-state index contributed by atoms with van der Waals surface area (Å²) in [7, 11) is 1.54. The number of thiazole rings is 1. The van der Waals surface area contributed by atoms with Crippen molar-refractivity contribution in [3.63, 3.8) is 0 Å². The van der Waals surface area contributed by atoms with E-state index in [0.717, 1.165) is 25.7 Å². The molecule has 4 N–H and O–H groups in total. The second-order valence-corrected chi connectivity index (χ2v) is 17.1. The van der Waals surface area contributed by atoms with Crippen LogP contribution in [0.1, 0.15) is 72.6 Å². The predicted molar refractivity (Wildman–Crippen MR) is 212 cm³/mol. The Labute approximate surface area is 337 Å². The molecule has 0 unspecified atom stereocenters. The quantitative estimate of drug-likeness (QED) is 0.146. The number of ether oxygens (including phenoxy) is 3. The molecule has 1 saturated heterocycles. The van der Waals surface area contributed by atoms with Crippen LogP contribution in [-0.4, -0.2) is 93.2 Å². The monoisotopic (exact) mass is 854 g/mol. The van der Waals surface area contributed by atoms with E-state index in [1.165, 1.54) is 29.4 Å². The summed E-state index contributed by atoms with van der Waals surface area (Å²) in [6, 6.07) is 3.02. The fourth-order valence-corrected chi connectivity index (χ4v) is 8.56. The number of pyridine rings is 1. The number of alkyl carbamates (subject to hydrolysis) is 1.